The molecule has 1 aliphatic rings. The number of amides is 1. The number of rotatable bonds is 4. The molecular formula is C13H15ClF2N2O2. The van der Waals surface area contributed by atoms with E-state index in [0.29, 0.717) is 12.2 Å². The highest BCUT2D eigenvalue weighted by atomic mass is 35.5. The number of carbonyl (C=O) groups is 1. The molecule has 2 atom stereocenters. The Morgan fingerprint density at radius 1 is 1.50 bits per heavy atom. The van der Waals surface area contributed by atoms with E-state index in [2.05, 4.69) is 15.4 Å². The summed E-state index contributed by atoms with van der Waals surface area (Å²) in [6.07, 6.45) is 0. The van der Waals surface area contributed by atoms with E-state index >= 15 is 0 Å². The topological polar surface area (TPSA) is 50.4 Å². The third-order valence-electron chi connectivity index (χ3n) is 3.27. The minimum Gasteiger partial charge on any atom is -0.433 e. The number of alkyl halides is 2. The summed E-state index contributed by atoms with van der Waals surface area (Å²) >= 11 is 5.82. The summed E-state index contributed by atoms with van der Waals surface area (Å²) in [4.78, 5) is 12.1. The van der Waals surface area contributed by atoms with Crippen molar-refractivity contribution in [3.8, 4) is 5.75 Å². The molecule has 1 aromatic carbocycles. The Bertz CT molecular complexity index is 499. The zero-order valence-corrected chi connectivity index (χ0v) is 11.6. The Labute approximate surface area is 120 Å². The first-order valence-corrected chi connectivity index (χ1v) is 6.61. The highest BCUT2D eigenvalue weighted by Gasteiger charge is 2.29. The van der Waals surface area contributed by atoms with E-state index in [4.69, 9.17) is 11.6 Å². The number of halogens is 3. The number of ether oxygens (including phenoxy) is 1. The van der Waals surface area contributed by atoms with Gasteiger partial charge in [-0.2, -0.15) is 8.78 Å². The van der Waals surface area contributed by atoms with Crippen molar-refractivity contribution in [2.45, 2.75) is 13.5 Å². The molecule has 0 bridgehead atoms. The standard InChI is InChI=1S/C13H15ClF2N2O2/c1-7-5-17-6-9(7)12(19)18-8-2-3-11(10(14)4-8)20-13(15)16/h2-4,7,9,13,17H,5-6H2,1H3,(H,18,19). The van der Waals surface area contributed by atoms with Gasteiger partial charge < -0.3 is 15.4 Å². The summed E-state index contributed by atoms with van der Waals surface area (Å²) in [5.74, 6) is -0.0747. The molecule has 0 spiro atoms. The second-order valence-electron chi connectivity index (χ2n) is 4.75. The van der Waals surface area contributed by atoms with Crippen LogP contribution in [0.15, 0.2) is 18.2 Å². The molecule has 0 radical (unpaired) electrons. The summed E-state index contributed by atoms with van der Waals surface area (Å²) in [5.41, 5.74) is 0.459. The van der Waals surface area contributed by atoms with Crippen LogP contribution in [-0.2, 0) is 4.79 Å². The number of carbonyl (C=O) groups excluding carboxylic acids is 1. The molecule has 0 saturated carbocycles. The van der Waals surface area contributed by atoms with Gasteiger partial charge in [-0.1, -0.05) is 18.5 Å². The number of anilines is 1. The number of hydrogen-bond acceptors (Lipinski definition) is 3. The summed E-state index contributed by atoms with van der Waals surface area (Å²) in [6.45, 7) is 0.503. The van der Waals surface area contributed by atoms with Crippen molar-refractivity contribution in [3.05, 3.63) is 23.2 Å². The van der Waals surface area contributed by atoms with Crippen LogP contribution < -0.4 is 15.4 Å². The lowest BCUT2D eigenvalue weighted by atomic mass is 9.97. The van der Waals surface area contributed by atoms with Crippen LogP contribution >= 0.6 is 11.6 Å². The van der Waals surface area contributed by atoms with Crippen LogP contribution in [0.2, 0.25) is 5.02 Å². The van der Waals surface area contributed by atoms with Gasteiger partial charge in [0, 0.05) is 12.2 Å². The van der Waals surface area contributed by atoms with Gasteiger partial charge in [-0.05, 0) is 30.7 Å². The van der Waals surface area contributed by atoms with Crippen LogP contribution in [0.3, 0.4) is 0 Å². The van der Waals surface area contributed by atoms with Crippen LogP contribution in [0.4, 0.5) is 14.5 Å². The molecule has 20 heavy (non-hydrogen) atoms. The average molecular weight is 305 g/mol. The largest absolute Gasteiger partial charge is 0.433 e. The third kappa shape index (κ3) is 3.58. The van der Waals surface area contributed by atoms with E-state index in [1.807, 2.05) is 6.92 Å². The molecule has 0 aromatic heterocycles. The van der Waals surface area contributed by atoms with E-state index in [-0.39, 0.29) is 28.5 Å². The van der Waals surface area contributed by atoms with E-state index in [1.54, 1.807) is 0 Å². The molecule has 1 fully saturated rings. The molecule has 1 heterocycles. The van der Waals surface area contributed by atoms with Crippen LogP contribution in [0.5, 0.6) is 5.75 Å². The Hall–Kier alpha value is -1.40. The fourth-order valence-electron chi connectivity index (χ4n) is 2.17. The maximum Gasteiger partial charge on any atom is 0.387 e. The predicted octanol–water partition coefficient (Wildman–Crippen LogP) is 2.74. The van der Waals surface area contributed by atoms with E-state index < -0.39 is 6.61 Å². The molecule has 0 aliphatic carbocycles. The first-order valence-electron chi connectivity index (χ1n) is 6.23. The van der Waals surface area contributed by atoms with Gasteiger partial charge in [-0.3, -0.25) is 4.79 Å². The van der Waals surface area contributed by atoms with Crippen molar-refractivity contribution in [1.29, 1.82) is 0 Å². The van der Waals surface area contributed by atoms with E-state index in [1.165, 1.54) is 18.2 Å². The molecule has 1 amide bonds. The minimum absolute atomic E-state index is 0.0284. The third-order valence-corrected chi connectivity index (χ3v) is 3.57. The van der Waals surface area contributed by atoms with Gasteiger partial charge in [0.25, 0.3) is 0 Å². The fourth-order valence-corrected chi connectivity index (χ4v) is 2.39. The molecule has 1 aromatic rings. The molecule has 2 unspecified atom stereocenters. The van der Waals surface area contributed by atoms with Gasteiger partial charge in [-0.25, -0.2) is 0 Å². The van der Waals surface area contributed by atoms with Gasteiger partial charge in [0.15, 0.2) is 0 Å². The molecule has 110 valence electrons. The number of hydrogen-bond donors (Lipinski definition) is 2. The quantitative estimate of drug-likeness (QED) is 0.899. The molecule has 7 heteroatoms. The van der Waals surface area contributed by atoms with Crippen molar-refractivity contribution in [2.24, 2.45) is 11.8 Å². The Morgan fingerprint density at radius 3 is 2.80 bits per heavy atom. The van der Waals surface area contributed by atoms with Crippen molar-refractivity contribution in [3.63, 3.8) is 0 Å². The Morgan fingerprint density at radius 2 is 2.25 bits per heavy atom. The van der Waals surface area contributed by atoms with Gasteiger partial charge in [0.2, 0.25) is 5.91 Å². The lowest BCUT2D eigenvalue weighted by Gasteiger charge is -2.15. The first-order chi connectivity index (χ1) is 9.47. The van der Waals surface area contributed by atoms with Crippen LogP contribution in [0.1, 0.15) is 6.92 Å². The molecule has 2 N–H and O–H groups in total. The summed E-state index contributed by atoms with van der Waals surface area (Å²) in [7, 11) is 0. The first kappa shape index (κ1) is 15.0. The van der Waals surface area contributed by atoms with Gasteiger partial charge in [-0.15, -0.1) is 0 Å². The number of benzene rings is 1. The summed E-state index contributed by atoms with van der Waals surface area (Å²) < 4.78 is 28.4. The summed E-state index contributed by atoms with van der Waals surface area (Å²) in [5, 5.41) is 5.90. The van der Waals surface area contributed by atoms with Crippen molar-refractivity contribution in [1.82, 2.24) is 5.32 Å². The maximum atomic E-state index is 12.1. The minimum atomic E-state index is -2.93. The predicted molar refractivity (Wildman–Crippen MR) is 72.2 cm³/mol. The van der Waals surface area contributed by atoms with Crippen LogP contribution in [0, 0.1) is 11.8 Å². The lowest BCUT2D eigenvalue weighted by Crippen LogP contribution is -2.27. The van der Waals surface area contributed by atoms with Gasteiger partial charge in [0.05, 0.1) is 10.9 Å². The monoisotopic (exact) mass is 304 g/mol. The van der Waals surface area contributed by atoms with Gasteiger partial charge in [0.1, 0.15) is 5.75 Å². The summed E-state index contributed by atoms with van der Waals surface area (Å²) in [6, 6.07) is 4.18. The zero-order chi connectivity index (χ0) is 14.7. The van der Waals surface area contributed by atoms with E-state index in [0.717, 1.165) is 6.54 Å². The molecule has 4 nitrogen and oxygen atoms in total. The Kier molecular flexibility index (Phi) is 4.77. The lowest BCUT2D eigenvalue weighted by molar-refractivity contribution is -0.120. The smallest absolute Gasteiger partial charge is 0.387 e. The van der Waals surface area contributed by atoms with Gasteiger partial charge >= 0.3 is 6.61 Å². The normalized spacial score (nSPS) is 22.1. The maximum absolute atomic E-state index is 12.1. The second-order valence-corrected chi connectivity index (χ2v) is 5.16. The van der Waals surface area contributed by atoms with Crippen molar-refractivity contribution < 1.29 is 18.3 Å². The van der Waals surface area contributed by atoms with Crippen molar-refractivity contribution >= 4 is 23.2 Å². The van der Waals surface area contributed by atoms with Crippen molar-refractivity contribution in [2.75, 3.05) is 18.4 Å². The molecular weight excluding hydrogens is 290 g/mol. The highest BCUT2D eigenvalue weighted by Crippen LogP contribution is 2.29. The zero-order valence-electron chi connectivity index (χ0n) is 10.8. The fraction of sp³-hybridized carbons (Fsp3) is 0.462. The van der Waals surface area contributed by atoms with E-state index in [9.17, 15) is 13.6 Å². The molecule has 1 aliphatic heterocycles. The second kappa shape index (κ2) is 6.37. The van der Waals surface area contributed by atoms with Crippen LogP contribution in [0.25, 0.3) is 0 Å². The average Bonchev–Trinajstić information content (AvgIpc) is 2.78. The highest BCUT2D eigenvalue weighted by molar-refractivity contribution is 6.32. The van der Waals surface area contributed by atoms with Crippen LogP contribution in [-0.4, -0.2) is 25.6 Å². The molecule has 1 saturated heterocycles. The SMILES string of the molecule is CC1CNCC1C(=O)Nc1ccc(OC(F)F)c(Cl)c1. The number of nitrogens with one attached hydrogen (secondary N) is 2. The Balaban J connectivity index is 2.03. The molecule has 2 rings (SSSR count).